The average Bonchev–Trinajstić information content (AvgIpc) is 3.47. The molecule has 2 bridgehead atoms. The van der Waals surface area contributed by atoms with E-state index in [2.05, 4.69) is 21.8 Å². The number of allylic oxidation sites excluding steroid dienone is 1. The maximum absolute atomic E-state index is 13.9. The minimum atomic E-state index is -4.04. The van der Waals surface area contributed by atoms with Gasteiger partial charge in [0.2, 0.25) is 10.0 Å². The van der Waals surface area contributed by atoms with Crippen molar-refractivity contribution in [2.45, 2.75) is 87.6 Å². The van der Waals surface area contributed by atoms with Crippen molar-refractivity contribution in [3.63, 3.8) is 0 Å². The van der Waals surface area contributed by atoms with Gasteiger partial charge in [-0.25, -0.2) is 13.1 Å². The number of benzene rings is 2. The Morgan fingerprint density at radius 1 is 1.13 bits per heavy atom. The molecule has 2 N–H and O–H groups in total. The van der Waals surface area contributed by atoms with Gasteiger partial charge in [-0.1, -0.05) is 36.7 Å². The molecular formula is C36H45ClN2O6S. The lowest BCUT2D eigenvalue weighted by atomic mass is 9.68. The number of aliphatic hydroxyl groups is 1. The molecule has 8 nitrogen and oxygen atoms in total. The molecule has 7 rings (SSSR count). The van der Waals surface area contributed by atoms with Gasteiger partial charge < -0.3 is 19.5 Å². The zero-order chi connectivity index (χ0) is 32.1. The molecule has 1 saturated heterocycles. The van der Waals surface area contributed by atoms with Crippen LogP contribution in [0.3, 0.4) is 0 Å². The number of aliphatic hydroxyl groups excluding tert-OH is 1. The minimum absolute atomic E-state index is 0.110. The van der Waals surface area contributed by atoms with Crippen LogP contribution in [-0.4, -0.2) is 63.2 Å². The summed E-state index contributed by atoms with van der Waals surface area (Å²) in [7, 11) is -4.04. The molecule has 10 heteroatoms. The molecule has 2 aliphatic carbocycles. The molecule has 46 heavy (non-hydrogen) atoms. The highest BCUT2D eigenvalue weighted by molar-refractivity contribution is 7.90. The quantitative estimate of drug-likeness (QED) is 0.390. The zero-order valence-corrected chi connectivity index (χ0v) is 28.1. The lowest BCUT2D eigenvalue weighted by Crippen LogP contribution is -2.49. The molecule has 3 aliphatic heterocycles. The fourth-order valence-electron chi connectivity index (χ4n) is 8.55. The van der Waals surface area contributed by atoms with Gasteiger partial charge in [0.25, 0.3) is 5.91 Å². The van der Waals surface area contributed by atoms with Gasteiger partial charge >= 0.3 is 0 Å². The number of halogens is 1. The van der Waals surface area contributed by atoms with Crippen molar-refractivity contribution in [3.8, 4) is 5.75 Å². The van der Waals surface area contributed by atoms with Crippen molar-refractivity contribution in [2.75, 3.05) is 31.2 Å². The van der Waals surface area contributed by atoms with Crippen LogP contribution in [0.25, 0.3) is 0 Å². The molecular weight excluding hydrogens is 624 g/mol. The van der Waals surface area contributed by atoms with Crippen molar-refractivity contribution >= 4 is 33.2 Å². The van der Waals surface area contributed by atoms with Gasteiger partial charge in [-0.2, -0.15) is 0 Å². The van der Waals surface area contributed by atoms with Crippen molar-refractivity contribution in [1.82, 2.24) is 4.72 Å². The lowest BCUT2D eigenvalue weighted by Gasteiger charge is -2.45. The Labute approximate surface area is 277 Å². The predicted molar refractivity (Wildman–Crippen MR) is 179 cm³/mol. The number of nitrogens with one attached hydrogen (secondary N) is 1. The van der Waals surface area contributed by atoms with Crippen LogP contribution >= 0.6 is 11.6 Å². The van der Waals surface area contributed by atoms with Crippen molar-refractivity contribution in [1.29, 1.82) is 0 Å². The van der Waals surface area contributed by atoms with Gasteiger partial charge in [-0.05, 0) is 117 Å². The van der Waals surface area contributed by atoms with E-state index in [1.54, 1.807) is 18.2 Å². The van der Waals surface area contributed by atoms with Crippen molar-refractivity contribution in [2.24, 2.45) is 17.8 Å². The third-order valence-electron chi connectivity index (χ3n) is 11.3. The normalized spacial score (nSPS) is 34.8. The summed E-state index contributed by atoms with van der Waals surface area (Å²) in [6.45, 7) is 4.42. The van der Waals surface area contributed by atoms with E-state index in [0.29, 0.717) is 44.9 Å². The van der Waals surface area contributed by atoms with Crippen molar-refractivity contribution in [3.05, 3.63) is 70.3 Å². The van der Waals surface area contributed by atoms with E-state index in [0.717, 1.165) is 55.7 Å². The topological polar surface area (TPSA) is 105 Å². The van der Waals surface area contributed by atoms with Crippen LogP contribution in [0, 0.1) is 17.8 Å². The lowest BCUT2D eigenvalue weighted by molar-refractivity contribution is 0.0455. The summed E-state index contributed by atoms with van der Waals surface area (Å²) >= 11 is 6.41. The first-order valence-electron chi connectivity index (χ1n) is 16.9. The molecule has 7 atom stereocenters. The number of carbonyl (C=O) groups excluding carboxylic acids is 1. The second kappa shape index (κ2) is 12.8. The smallest absolute Gasteiger partial charge is 0.264 e. The van der Waals surface area contributed by atoms with E-state index < -0.39 is 27.3 Å². The highest BCUT2D eigenvalue weighted by Gasteiger charge is 2.44. The van der Waals surface area contributed by atoms with Gasteiger partial charge in [-0.15, -0.1) is 0 Å². The minimum Gasteiger partial charge on any atom is -0.490 e. The fourth-order valence-corrected chi connectivity index (χ4v) is 10.5. The number of nitrogens with zero attached hydrogens (tertiary/aromatic N) is 1. The molecule has 0 unspecified atom stereocenters. The van der Waals surface area contributed by atoms with E-state index in [1.165, 1.54) is 11.1 Å². The number of rotatable bonds is 2. The van der Waals surface area contributed by atoms with Crippen LogP contribution in [0.5, 0.6) is 5.75 Å². The molecule has 0 radical (unpaired) electrons. The van der Waals surface area contributed by atoms with Crippen LogP contribution in [0.2, 0.25) is 5.02 Å². The molecule has 2 fully saturated rings. The number of fused-ring (bicyclic) bond motifs is 4. The number of sulfonamides is 1. The molecule has 0 aromatic heterocycles. The van der Waals surface area contributed by atoms with Gasteiger partial charge in [0.05, 0.1) is 29.8 Å². The standard InChI is InChI=1S/C36H45ClN2O6S/c1-23-5-2-8-32(40)29-12-9-26(29)20-39-21-36(15-3-6-24-17-27(37)11-13-30(24)36)22-45-33-14-10-25(18-31(33)39)35(41)38-46(42,43)34(23)19-28-7-4-16-44-28/h2,8,10-11,13-14,17-18,23,26,28-29,32,34,40H,3-7,9,12,15-16,19-22H2,1H3,(H,38,41)/b8-2-/t23-,26+,28+,29-,32+,34-,36+/m1/s1. The highest BCUT2D eigenvalue weighted by atomic mass is 35.5. The summed E-state index contributed by atoms with van der Waals surface area (Å²) in [4.78, 5) is 16.0. The molecule has 3 heterocycles. The van der Waals surface area contributed by atoms with E-state index in [-0.39, 0.29) is 34.8 Å². The van der Waals surface area contributed by atoms with E-state index in [4.69, 9.17) is 21.1 Å². The number of carbonyl (C=O) groups is 1. The summed E-state index contributed by atoms with van der Waals surface area (Å²) in [5.41, 5.74) is 3.31. The Morgan fingerprint density at radius 2 is 2.00 bits per heavy atom. The first-order valence-corrected chi connectivity index (χ1v) is 18.9. The summed E-state index contributed by atoms with van der Waals surface area (Å²) in [6, 6.07) is 11.4. The molecule has 2 aromatic rings. The fraction of sp³-hybridized carbons (Fsp3) is 0.583. The summed E-state index contributed by atoms with van der Waals surface area (Å²) in [5.74, 6) is 0.149. The number of amides is 1. The Bertz CT molecular complexity index is 1610. The van der Waals surface area contributed by atoms with Gasteiger partial charge in [0.15, 0.2) is 0 Å². The van der Waals surface area contributed by atoms with Crippen LogP contribution in [0.4, 0.5) is 5.69 Å². The largest absolute Gasteiger partial charge is 0.490 e. The van der Waals surface area contributed by atoms with E-state index in [9.17, 15) is 18.3 Å². The van der Waals surface area contributed by atoms with Crippen LogP contribution in [0.1, 0.15) is 79.8 Å². The molecule has 1 amide bonds. The van der Waals surface area contributed by atoms with Gasteiger partial charge in [-0.3, -0.25) is 4.79 Å². The third kappa shape index (κ3) is 6.20. The SMILES string of the molecule is C[C@@H]1C/C=C\[C@H](O)[C@@H]2CC[C@H]2CN2C[C@@]3(CCCc4cc(Cl)ccc43)COc3ccc(cc32)C(=O)NS(=O)(=O)[C@@H]1C[C@@H]1CCCO1. The predicted octanol–water partition coefficient (Wildman–Crippen LogP) is 5.79. The molecule has 5 aliphatic rings. The highest BCUT2D eigenvalue weighted by Crippen LogP contribution is 2.47. The number of aryl methyl sites for hydroxylation is 1. The summed E-state index contributed by atoms with van der Waals surface area (Å²) in [5, 5.41) is 11.2. The van der Waals surface area contributed by atoms with Crippen LogP contribution < -0.4 is 14.4 Å². The second-order valence-electron chi connectivity index (χ2n) is 14.3. The Balaban J connectivity index is 1.27. The molecule has 248 valence electrons. The maximum Gasteiger partial charge on any atom is 0.264 e. The van der Waals surface area contributed by atoms with Gasteiger partial charge in [0, 0.05) is 35.7 Å². The van der Waals surface area contributed by atoms with Crippen molar-refractivity contribution < 1.29 is 27.8 Å². The first kappa shape index (κ1) is 32.0. The summed E-state index contributed by atoms with van der Waals surface area (Å²) < 4.78 is 42.5. The van der Waals surface area contributed by atoms with Crippen LogP contribution in [-0.2, 0) is 26.6 Å². The Kier molecular flexibility index (Phi) is 8.89. The first-order chi connectivity index (χ1) is 22.1. The molecule has 1 spiro atoms. The Morgan fingerprint density at radius 3 is 2.78 bits per heavy atom. The van der Waals surface area contributed by atoms with Gasteiger partial charge in [0.1, 0.15) is 5.75 Å². The summed E-state index contributed by atoms with van der Waals surface area (Å²) in [6.07, 6.45) is 10.4. The van der Waals surface area contributed by atoms with E-state index >= 15 is 0 Å². The monoisotopic (exact) mass is 668 g/mol. The number of hydrogen-bond donors (Lipinski definition) is 2. The maximum atomic E-state index is 13.9. The Hall–Kier alpha value is -2.59. The molecule has 1 saturated carbocycles. The third-order valence-corrected chi connectivity index (χ3v) is 13.5. The number of anilines is 1. The number of hydrogen-bond acceptors (Lipinski definition) is 7. The average molecular weight is 669 g/mol. The zero-order valence-electron chi connectivity index (χ0n) is 26.5. The second-order valence-corrected chi connectivity index (χ2v) is 16.6. The van der Waals surface area contributed by atoms with E-state index in [1.807, 2.05) is 25.1 Å². The molecule has 2 aromatic carbocycles. The number of ether oxygens (including phenoxy) is 2. The van der Waals surface area contributed by atoms with Crippen LogP contribution in [0.15, 0.2) is 48.6 Å².